The van der Waals surface area contributed by atoms with E-state index >= 15 is 0 Å². The lowest BCUT2D eigenvalue weighted by Gasteiger charge is -2.22. The van der Waals surface area contributed by atoms with Crippen LogP contribution in [0.5, 0.6) is 0 Å². The van der Waals surface area contributed by atoms with E-state index in [0.717, 1.165) is 29.7 Å². The molecule has 1 amide bonds. The molecule has 7 heteroatoms. The highest BCUT2D eigenvalue weighted by Crippen LogP contribution is 2.18. The van der Waals surface area contributed by atoms with Crippen LogP contribution >= 0.6 is 0 Å². The van der Waals surface area contributed by atoms with Gasteiger partial charge in [-0.2, -0.15) is 0 Å². The molecule has 3 rings (SSSR count). The van der Waals surface area contributed by atoms with E-state index in [2.05, 4.69) is 4.72 Å². The van der Waals surface area contributed by atoms with Gasteiger partial charge in [0, 0.05) is 18.8 Å². The number of anilines is 1. The summed E-state index contributed by atoms with van der Waals surface area (Å²) in [5.74, 6) is -0.484. The van der Waals surface area contributed by atoms with Crippen LogP contribution in [0.25, 0.3) is 0 Å². The summed E-state index contributed by atoms with van der Waals surface area (Å²) in [6.45, 7) is 3.26. The van der Waals surface area contributed by atoms with Crippen LogP contribution < -0.4 is 4.72 Å². The van der Waals surface area contributed by atoms with Crippen LogP contribution in [0, 0.1) is 5.82 Å². The van der Waals surface area contributed by atoms with E-state index in [1.807, 2.05) is 42.2 Å². The first-order valence-electron chi connectivity index (χ1n) is 10.1. The molecule has 0 heterocycles. The van der Waals surface area contributed by atoms with E-state index in [4.69, 9.17) is 0 Å². The Morgan fingerprint density at radius 1 is 0.903 bits per heavy atom. The average molecular weight is 441 g/mol. The van der Waals surface area contributed by atoms with Crippen LogP contribution in [0.3, 0.4) is 0 Å². The summed E-state index contributed by atoms with van der Waals surface area (Å²) < 4.78 is 40.3. The normalized spacial score (nSPS) is 11.2. The van der Waals surface area contributed by atoms with E-state index in [9.17, 15) is 17.6 Å². The highest BCUT2D eigenvalue weighted by atomic mass is 32.2. The maximum atomic E-state index is 13.0. The van der Waals surface area contributed by atoms with Gasteiger partial charge in [0.05, 0.1) is 11.3 Å². The first-order valence-corrected chi connectivity index (χ1v) is 11.5. The van der Waals surface area contributed by atoms with Crippen LogP contribution in [-0.4, -0.2) is 25.8 Å². The van der Waals surface area contributed by atoms with Crippen molar-refractivity contribution >= 4 is 21.6 Å². The Balaban J connectivity index is 1.65. The molecule has 3 aromatic rings. The minimum Gasteiger partial charge on any atom is -0.338 e. The predicted octanol–water partition coefficient (Wildman–Crippen LogP) is 4.61. The van der Waals surface area contributed by atoms with E-state index in [0.29, 0.717) is 18.8 Å². The fraction of sp³-hybridized carbons (Fsp3) is 0.208. The van der Waals surface area contributed by atoms with Gasteiger partial charge in [-0.1, -0.05) is 49.4 Å². The van der Waals surface area contributed by atoms with Crippen LogP contribution in [0.15, 0.2) is 83.8 Å². The number of hydrogen-bond donors (Lipinski definition) is 1. The van der Waals surface area contributed by atoms with E-state index in [-0.39, 0.29) is 17.2 Å². The maximum Gasteiger partial charge on any atom is 0.261 e. The van der Waals surface area contributed by atoms with Crippen molar-refractivity contribution in [2.45, 2.75) is 31.2 Å². The number of nitrogens with one attached hydrogen (secondary N) is 1. The third kappa shape index (κ3) is 6.39. The van der Waals surface area contributed by atoms with Crippen LogP contribution in [-0.2, 0) is 27.8 Å². The highest BCUT2D eigenvalue weighted by Gasteiger charge is 2.16. The third-order valence-corrected chi connectivity index (χ3v) is 6.15. The predicted molar refractivity (Wildman–Crippen MR) is 120 cm³/mol. The number of sulfonamides is 1. The lowest BCUT2D eigenvalue weighted by atomic mass is 10.1. The zero-order valence-electron chi connectivity index (χ0n) is 17.3. The molecule has 0 bridgehead atoms. The Morgan fingerprint density at radius 3 is 2.16 bits per heavy atom. The Morgan fingerprint density at radius 2 is 1.55 bits per heavy atom. The molecule has 0 fully saturated rings. The van der Waals surface area contributed by atoms with Crippen molar-refractivity contribution in [3.8, 4) is 0 Å². The summed E-state index contributed by atoms with van der Waals surface area (Å²) >= 11 is 0. The van der Waals surface area contributed by atoms with Gasteiger partial charge in [0.2, 0.25) is 5.91 Å². The number of carbonyl (C=O) groups is 1. The summed E-state index contributed by atoms with van der Waals surface area (Å²) in [5, 5.41) is 0. The van der Waals surface area contributed by atoms with Crippen molar-refractivity contribution in [2.24, 2.45) is 0 Å². The summed E-state index contributed by atoms with van der Waals surface area (Å²) in [6.07, 6.45) is 1.10. The Kier molecular flexibility index (Phi) is 7.41. The molecule has 0 aromatic heterocycles. The Labute approximate surface area is 182 Å². The SMILES string of the molecule is CCCN(Cc1ccccc1)C(=O)Cc1ccc(NS(=O)(=O)c2ccc(F)cc2)cc1. The van der Waals surface area contributed by atoms with E-state index in [1.165, 1.54) is 12.1 Å². The van der Waals surface area contributed by atoms with Crippen LogP contribution in [0.4, 0.5) is 10.1 Å². The fourth-order valence-corrected chi connectivity index (χ4v) is 4.23. The van der Waals surface area contributed by atoms with Gasteiger partial charge in [-0.15, -0.1) is 0 Å². The zero-order chi connectivity index (χ0) is 22.3. The van der Waals surface area contributed by atoms with Gasteiger partial charge in [0.1, 0.15) is 5.82 Å². The highest BCUT2D eigenvalue weighted by molar-refractivity contribution is 7.92. The number of carbonyl (C=O) groups excluding carboxylic acids is 1. The smallest absolute Gasteiger partial charge is 0.261 e. The number of rotatable bonds is 9. The number of halogens is 1. The Hall–Kier alpha value is -3.19. The lowest BCUT2D eigenvalue weighted by Crippen LogP contribution is -2.32. The fourth-order valence-electron chi connectivity index (χ4n) is 3.17. The number of benzene rings is 3. The molecule has 0 aliphatic rings. The molecule has 31 heavy (non-hydrogen) atoms. The van der Waals surface area contributed by atoms with Gasteiger partial charge < -0.3 is 4.90 Å². The molecule has 1 N–H and O–H groups in total. The molecule has 0 aliphatic carbocycles. The minimum absolute atomic E-state index is 0.0188. The number of amides is 1. The summed E-state index contributed by atoms with van der Waals surface area (Å²) in [4.78, 5) is 14.6. The molecule has 0 saturated heterocycles. The molecule has 0 aliphatic heterocycles. The molecular formula is C24H25FN2O3S. The zero-order valence-corrected chi connectivity index (χ0v) is 18.1. The van der Waals surface area contributed by atoms with Gasteiger partial charge in [-0.25, -0.2) is 12.8 Å². The molecule has 0 spiro atoms. The van der Waals surface area contributed by atoms with Crippen molar-refractivity contribution in [1.29, 1.82) is 0 Å². The van der Waals surface area contributed by atoms with Crippen molar-refractivity contribution < 1.29 is 17.6 Å². The van der Waals surface area contributed by atoms with E-state index in [1.54, 1.807) is 24.3 Å². The van der Waals surface area contributed by atoms with Crippen molar-refractivity contribution in [3.05, 3.63) is 95.8 Å². The maximum absolute atomic E-state index is 13.0. The molecule has 0 atom stereocenters. The first-order chi connectivity index (χ1) is 14.9. The largest absolute Gasteiger partial charge is 0.338 e. The topological polar surface area (TPSA) is 66.5 Å². The summed E-state index contributed by atoms with van der Waals surface area (Å²) in [7, 11) is -3.81. The van der Waals surface area contributed by atoms with Crippen molar-refractivity contribution in [3.63, 3.8) is 0 Å². The second-order valence-corrected chi connectivity index (χ2v) is 8.92. The van der Waals surface area contributed by atoms with Gasteiger partial charge in [0.25, 0.3) is 10.0 Å². The molecule has 0 unspecified atom stereocenters. The first kappa shape index (κ1) is 22.5. The van der Waals surface area contributed by atoms with Gasteiger partial charge in [-0.3, -0.25) is 9.52 Å². The van der Waals surface area contributed by atoms with Crippen LogP contribution in [0.1, 0.15) is 24.5 Å². The quantitative estimate of drug-likeness (QED) is 0.529. The average Bonchev–Trinajstić information content (AvgIpc) is 2.75. The van der Waals surface area contributed by atoms with Gasteiger partial charge >= 0.3 is 0 Å². The lowest BCUT2D eigenvalue weighted by molar-refractivity contribution is -0.131. The second-order valence-electron chi connectivity index (χ2n) is 7.23. The number of nitrogens with zero attached hydrogens (tertiary/aromatic N) is 1. The Bertz CT molecular complexity index is 1100. The van der Waals surface area contributed by atoms with Crippen molar-refractivity contribution in [2.75, 3.05) is 11.3 Å². The van der Waals surface area contributed by atoms with Crippen LogP contribution in [0.2, 0.25) is 0 Å². The second kappa shape index (κ2) is 10.2. The minimum atomic E-state index is -3.81. The summed E-state index contributed by atoms with van der Waals surface area (Å²) in [5.41, 5.74) is 2.24. The third-order valence-electron chi connectivity index (χ3n) is 4.75. The van der Waals surface area contributed by atoms with Gasteiger partial charge in [0.15, 0.2) is 0 Å². The molecule has 162 valence electrons. The molecule has 0 radical (unpaired) electrons. The van der Waals surface area contributed by atoms with Gasteiger partial charge in [-0.05, 0) is 53.9 Å². The van der Waals surface area contributed by atoms with E-state index < -0.39 is 15.8 Å². The number of hydrogen-bond acceptors (Lipinski definition) is 3. The molecule has 5 nitrogen and oxygen atoms in total. The summed E-state index contributed by atoms with van der Waals surface area (Å²) in [6, 6.07) is 21.2. The molecular weight excluding hydrogens is 415 g/mol. The molecule has 3 aromatic carbocycles. The van der Waals surface area contributed by atoms with Crippen molar-refractivity contribution in [1.82, 2.24) is 4.90 Å². The standard InChI is InChI=1S/C24H25FN2O3S/c1-2-16-27(18-20-6-4-3-5-7-20)24(28)17-19-8-12-22(13-9-19)26-31(29,30)23-14-10-21(25)11-15-23/h3-15,26H,2,16-18H2,1H3. The molecule has 0 saturated carbocycles. The monoisotopic (exact) mass is 440 g/mol.